The number of rotatable bonds is 5. The van der Waals surface area contributed by atoms with Crippen molar-refractivity contribution in [1.82, 2.24) is 4.90 Å². The van der Waals surface area contributed by atoms with Gasteiger partial charge in [0.25, 0.3) is 5.91 Å². The van der Waals surface area contributed by atoms with Crippen molar-refractivity contribution in [2.24, 2.45) is 0 Å². The number of benzene rings is 2. The lowest BCUT2D eigenvalue weighted by Crippen LogP contribution is -2.51. The molecule has 1 fully saturated rings. The quantitative estimate of drug-likeness (QED) is 0.612. The van der Waals surface area contributed by atoms with E-state index in [1.807, 2.05) is 24.3 Å². The van der Waals surface area contributed by atoms with E-state index >= 15 is 0 Å². The molecule has 2 atom stereocenters. The largest absolute Gasteiger partial charge is 0.392 e. The number of aliphatic hydroxyl groups is 1. The Bertz CT molecular complexity index is 900. The number of nitrogens with zero attached hydrogens (tertiary/aromatic N) is 2. The molecule has 0 radical (unpaired) electrons. The van der Waals surface area contributed by atoms with Gasteiger partial charge >= 0.3 is 6.03 Å². The molecule has 3 rings (SSSR count). The van der Waals surface area contributed by atoms with Crippen molar-refractivity contribution in [2.45, 2.75) is 31.9 Å². The molecule has 1 aliphatic rings. The summed E-state index contributed by atoms with van der Waals surface area (Å²) in [4.78, 5) is 29.1. The van der Waals surface area contributed by atoms with Gasteiger partial charge in [-0.3, -0.25) is 4.79 Å². The Hall–Kier alpha value is -1.60. The first-order valence-electron chi connectivity index (χ1n) is 8.66. The van der Waals surface area contributed by atoms with E-state index in [0.29, 0.717) is 22.2 Å². The SMILES string of the molecule is CC(O)CN1C(=O)N(c2cc(Cl)cc(Cl)c2)C(=O)C1(C)Cc1ccc(Br)cc1. The highest BCUT2D eigenvalue weighted by atomic mass is 79.9. The summed E-state index contributed by atoms with van der Waals surface area (Å²) in [6.45, 7) is 3.32. The fraction of sp³-hybridized carbons (Fsp3) is 0.300. The van der Waals surface area contributed by atoms with Crippen molar-refractivity contribution in [3.05, 3.63) is 62.5 Å². The molecule has 148 valence electrons. The summed E-state index contributed by atoms with van der Waals surface area (Å²) in [6.07, 6.45) is -0.480. The monoisotopic (exact) mass is 484 g/mol. The fourth-order valence-corrected chi connectivity index (χ4v) is 4.16. The maximum atomic E-state index is 13.4. The number of halogens is 3. The Kier molecular flexibility index (Phi) is 6.05. The van der Waals surface area contributed by atoms with Gasteiger partial charge in [-0.15, -0.1) is 0 Å². The van der Waals surface area contributed by atoms with E-state index < -0.39 is 17.7 Å². The predicted molar refractivity (Wildman–Crippen MR) is 114 cm³/mol. The highest BCUT2D eigenvalue weighted by molar-refractivity contribution is 9.10. The van der Waals surface area contributed by atoms with Crippen LogP contribution in [0.5, 0.6) is 0 Å². The van der Waals surface area contributed by atoms with Crippen LogP contribution >= 0.6 is 39.1 Å². The van der Waals surface area contributed by atoms with Gasteiger partial charge in [-0.25, -0.2) is 9.69 Å². The molecule has 0 bridgehead atoms. The van der Waals surface area contributed by atoms with Crippen molar-refractivity contribution in [3.8, 4) is 0 Å². The number of aliphatic hydroxyl groups excluding tert-OH is 1. The van der Waals surface area contributed by atoms with Crippen LogP contribution in [0.4, 0.5) is 10.5 Å². The molecule has 2 aromatic carbocycles. The maximum Gasteiger partial charge on any atom is 0.332 e. The highest BCUT2D eigenvalue weighted by Gasteiger charge is 2.54. The Morgan fingerprint density at radius 3 is 2.21 bits per heavy atom. The molecule has 1 saturated heterocycles. The lowest BCUT2D eigenvalue weighted by molar-refractivity contribution is -0.124. The van der Waals surface area contributed by atoms with Crippen LogP contribution in [0.2, 0.25) is 10.0 Å². The number of amides is 3. The molecule has 0 aromatic heterocycles. The molecule has 1 heterocycles. The van der Waals surface area contributed by atoms with Crippen LogP contribution in [0.3, 0.4) is 0 Å². The number of anilines is 1. The zero-order valence-electron chi connectivity index (χ0n) is 15.3. The summed E-state index contributed by atoms with van der Waals surface area (Å²) in [6, 6.07) is 11.6. The van der Waals surface area contributed by atoms with Crippen molar-refractivity contribution >= 4 is 56.8 Å². The zero-order chi connectivity index (χ0) is 20.6. The van der Waals surface area contributed by atoms with Crippen LogP contribution in [0.1, 0.15) is 19.4 Å². The summed E-state index contributed by atoms with van der Waals surface area (Å²) in [5.74, 6) is -0.389. The second-order valence-electron chi connectivity index (χ2n) is 7.09. The molecule has 8 heteroatoms. The van der Waals surface area contributed by atoms with Crippen LogP contribution in [-0.2, 0) is 11.2 Å². The Morgan fingerprint density at radius 2 is 1.68 bits per heavy atom. The fourth-order valence-electron chi connectivity index (χ4n) is 3.39. The number of hydrogen-bond donors (Lipinski definition) is 1. The molecule has 0 aliphatic carbocycles. The number of β-amino-alcohol motifs (C(OH)–C–C–N with tert-alkyl or cyclic N) is 1. The van der Waals surface area contributed by atoms with E-state index in [2.05, 4.69) is 15.9 Å². The number of hydrogen-bond acceptors (Lipinski definition) is 3. The number of carbonyl (C=O) groups is 2. The molecule has 1 aliphatic heterocycles. The number of urea groups is 1. The van der Waals surface area contributed by atoms with Crippen LogP contribution in [0.25, 0.3) is 0 Å². The van der Waals surface area contributed by atoms with Crippen molar-refractivity contribution in [3.63, 3.8) is 0 Å². The molecule has 1 N–H and O–H groups in total. The van der Waals surface area contributed by atoms with Gasteiger partial charge in [0.05, 0.1) is 11.8 Å². The first-order chi connectivity index (χ1) is 13.1. The summed E-state index contributed by atoms with van der Waals surface area (Å²) in [5, 5.41) is 10.6. The van der Waals surface area contributed by atoms with Gasteiger partial charge in [0.2, 0.25) is 0 Å². The van der Waals surface area contributed by atoms with E-state index in [0.717, 1.165) is 14.9 Å². The van der Waals surface area contributed by atoms with Crippen molar-refractivity contribution in [2.75, 3.05) is 11.4 Å². The number of carbonyl (C=O) groups excluding carboxylic acids is 2. The van der Waals surface area contributed by atoms with Crippen molar-refractivity contribution < 1.29 is 14.7 Å². The third-order valence-electron chi connectivity index (χ3n) is 4.70. The van der Waals surface area contributed by atoms with E-state index in [4.69, 9.17) is 23.2 Å². The minimum absolute atomic E-state index is 0.0302. The summed E-state index contributed by atoms with van der Waals surface area (Å²) >= 11 is 15.5. The minimum Gasteiger partial charge on any atom is -0.392 e. The zero-order valence-corrected chi connectivity index (χ0v) is 18.4. The third-order valence-corrected chi connectivity index (χ3v) is 5.66. The molecule has 0 spiro atoms. The molecular weight excluding hydrogens is 467 g/mol. The third kappa shape index (κ3) is 4.06. The standard InChI is InChI=1S/C20H19BrCl2N2O3/c1-12(26)11-24-19(28)25(17-8-15(22)7-16(23)9-17)18(27)20(24,2)10-13-3-5-14(21)6-4-13/h3-9,12,26H,10-11H2,1-2H3. The van der Waals surface area contributed by atoms with Crippen molar-refractivity contribution in [1.29, 1.82) is 0 Å². The van der Waals surface area contributed by atoms with Crippen LogP contribution in [0, 0.1) is 0 Å². The van der Waals surface area contributed by atoms with Crippen LogP contribution in [0.15, 0.2) is 46.9 Å². The molecule has 2 aromatic rings. The number of imide groups is 1. The van der Waals surface area contributed by atoms with Gasteiger partial charge < -0.3 is 10.0 Å². The molecule has 5 nitrogen and oxygen atoms in total. The van der Waals surface area contributed by atoms with E-state index in [1.54, 1.807) is 13.8 Å². The van der Waals surface area contributed by atoms with E-state index in [-0.39, 0.29) is 12.5 Å². The van der Waals surface area contributed by atoms with E-state index in [9.17, 15) is 14.7 Å². The summed E-state index contributed by atoms with van der Waals surface area (Å²) in [5.41, 5.74) is 0.0486. The Balaban J connectivity index is 2.04. The van der Waals surface area contributed by atoms with E-state index in [1.165, 1.54) is 23.1 Å². The van der Waals surface area contributed by atoms with Gasteiger partial charge in [-0.2, -0.15) is 0 Å². The van der Waals surface area contributed by atoms with Gasteiger partial charge in [0, 0.05) is 27.5 Å². The Morgan fingerprint density at radius 1 is 1.11 bits per heavy atom. The van der Waals surface area contributed by atoms with Crippen LogP contribution < -0.4 is 4.90 Å². The molecular formula is C20H19BrCl2N2O3. The maximum absolute atomic E-state index is 13.4. The molecule has 0 saturated carbocycles. The van der Waals surface area contributed by atoms with Crippen LogP contribution in [-0.4, -0.2) is 40.1 Å². The average Bonchev–Trinajstić information content (AvgIpc) is 2.77. The molecule has 28 heavy (non-hydrogen) atoms. The predicted octanol–water partition coefficient (Wildman–Crippen LogP) is 4.91. The molecule has 3 amide bonds. The van der Waals surface area contributed by atoms with Gasteiger partial charge in [-0.1, -0.05) is 51.3 Å². The second kappa shape index (κ2) is 8.03. The first-order valence-corrected chi connectivity index (χ1v) is 10.2. The molecule has 2 unspecified atom stereocenters. The van der Waals surface area contributed by atoms with Gasteiger partial charge in [0.1, 0.15) is 5.54 Å². The first kappa shape index (κ1) is 21.1. The lowest BCUT2D eigenvalue weighted by Gasteiger charge is -2.32. The smallest absolute Gasteiger partial charge is 0.332 e. The Labute approximate surface area is 182 Å². The lowest BCUT2D eigenvalue weighted by atomic mass is 9.91. The van der Waals surface area contributed by atoms with Gasteiger partial charge in [0.15, 0.2) is 0 Å². The summed E-state index contributed by atoms with van der Waals surface area (Å²) in [7, 11) is 0. The normalized spacial score (nSPS) is 20.8. The van der Waals surface area contributed by atoms with Gasteiger partial charge in [-0.05, 0) is 49.7 Å². The second-order valence-corrected chi connectivity index (χ2v) is 8.88. The highest BCUT2D eigenvalue weighted by Crippen LogP contribution is 2.37. The topological polar surface area (TPSA) is 60.9 Å². The minimum atomic E-state index is -1.16. The summed E-state index contributed by atoms with van der Waals surface area (Å²) < 4.78 is 0.922. The average molecular weight is 486 g/mol.